The summed E-state index contributed by atoms with van der Waals surface area (Å²) < 4.78 is 0. The molecule has 66 valence electrons. The molecule has 4 N–H and O–H groups in total. The molecule has 1 aliphatic rings. The molecule has 1 saturated heterocycles. The summed E-state index contributed by atoms with van der Waals surface area (Å²) in [5.41, 5.74) is 5.87. The summed E-state index contributed by atoms with van der Waals surface area (Å²) in [6.07, 6.45) is 3.56. The van der Waals surface area contributed by atoms with Crippen molar-refractivity contribution in [1.82, 2.24) is 10.6 Å². The molecule has 0 aromatic carbocycles. The maximum absolute atomic E-state index is 5.56. The minimum absolute atomic E-state index is 0.309. The van der Waals surface area contributed by atoms with E-state index in [1.165, 1.54) is 12.8 Å². The van der Waals surface area contributed by atoms with Crippen LogP contribution in [0.25, 0.3) is 0 Å². The predicted octanol–water partition coefficient (Wildman–Crippen LogP) is 0.0244. The molecule has 1 aliphatic heterocycles. The van der Waals surface area contributed by atoms with Crippen LogP contribution in [0.3, 0.4) is 0 Å². The summed E-state index contributed by atoms with van der Waals surface area (Å²) in [6.45, 7) is 5.03. The van der Waals surface area contributed by atoms with Gasteiger partial charge in [0.05, 0.1) is 0 Å². The fourth-order valence-electron chi connectivity index (χ4n) is 1.85. The van der Waals surface area contributed by atoms with Gasteiger partial charge < -0.3 is 11.1 Å². The molecule has 0 saturated carbocycles. The fraction of sp³-hybridized carbons (Fsp3) is 1.00. The largest absolute Gasteiger partial charge is 0.330 e. The van der Waals surface area contributed by atoms with E-state index in [4.69, 9.17) is 5.73 Å². The fourth-order valence-corrected chi connectivity index (χ4v) is 1.85. The van der Waals surface area contributed by atoms with E-state index in [1.54, 1.807) is 0 Å². The quantitative estimate of drug-likeness (QED) is 0.539. The number of hydrogen-bond donors (Lipinski definition) is 3. The molecule has 1 heterocycles. The van der Waals surface area contributed by atoms with Crippen LogP contribution in [0, 0.1) is 0 Å². The van der Waals surface area contributed by atoms with Crippen LogP contribution in [0.15, 0.2) is 0 Å². The monoisotopic (exact) mass is 157 g/mol. The lowest BCUT2D eigenvalue weighted by Crippen LogP contribution is -2.44. The highest BCUT2D eigenvalue weighted by Gasteiger charge is 2.30. The summed E-state index contributed by atoms with van der Waals surface area (Å²) in [4.78, 5) is 0. The number of rotatable bonds is 4. The minimum atomic E-state index is 0.309. The Kier molecular flexibility index (Phi) is 3.30. The van der Waals surface area contributed by atoms with Gasteiger partial charge >= 0.3 is 0 Å². The Morgan fingerprint density at radius 3 is 2.73 bits per heavy atom. The number of nitrogens with one attached hydrogen (secondary N) is 2. The smallest absolute Gasteiger partial charge is 0.0459 e. The van der Waals surface area contributed by atoms with E-state index in [0.717, 1.165) is 26.2 Å². The van der Waals surface area contributed by atoms with Crippen LogP contribution in [-0.4, -0.2) is 25.3 Å². The van der Waals surface area contributed by atoms with Gasteiger partial charge in [0.2, 0.25) is 0 Å². The third-order valence-electron chi connectivity index (χ3n) is 2.40. The Bertz CT molecular complexity index is 99.9. The molecule has 0 aliphatic carbocycles. The lowest BCUT2D eigenvalue weighted by Gasteiger charge is -2.27. The van der Waals surface area contributed by atoms with Gasteiger partial charge in [-0.25, -0.2) is 0 Å². The maximum Gasteiger partial charge on any atom is 0.0459 e. The molecular weight excluding hydrogens is 138 g/mol. The molecule has 0 radical (unpaired) electrons. The Morgan fingerprint density at radius 2 is 2.27 bits per heavy atom. The molecule has 0 bridgehead atoms. The van der Waals surface area contributed by atoms with Crippen LogP contribution in [0.4, 0.5) is 0 Å². The van der Waals surface area contributed by atoms with E-state index in [9.17, 15) is 0 Å². The topological polar surface area (TPSA) is 50.1 Å². The van der Waals surface area contributed by atoms with Crippen molar-refractivity contribution in [2.45, 2.75) is 31.7 Å². The van der Waals surface area contributed by atoms with Crippen molar-refractivity contribution in [1.29, 1.82) is 0 Å². The number of hydrogen-bond acceptors (Lipinski definition) is 3. The Balaban J connectivity index is 2.40. The van der Waals surface area contributed by atoms with Crippen LogP contribution < -0.4 is 16.4 Å². The first-order valence-corrected chi connectivity index (χ1v) is 4.49. The van der Waals surface area contributed by atoms with E-state index in [1.807, 2.05) is 0 Å². The van der Waals surface area contributed by atoms with Gasteiger partial charge in [0, 0.05) is 18.8 Å². The van der Waals surface area contributed by atoms with E-state index < -0.39 is 0 Å². The van der Waals surface area contributed by atoms with E-state index >= 15 is 0 Å². The van der Waals surface area contributed by atoms with E-state index in [2.05, 4.69) is 17.6 Å². The molecule has 0 aromatic heterocycles. The molecule has 1 rings (SSSR count). The molecule has 1 unspecified atom stereocenters. The standard InChI is InChI=1S/C8H19N3/c1-2-3-8(4-5-9)6-10-7-11-8/h10-11H,2-7,9H2,1H3. The van der Waals surface area contributed by atoms with Gasteiger partial charge in [-0.2, -0.15) is 0 Å². The Hall–Kier alpha value is -0.120. The van der Waals surface area contributed by atoms with Crippen molar-refractivity contribution in [3.63, 3.8) is 0 Å². The summed E-state index contributed by atoms with van der Waals surface area (Å²) in [6, 6.07) is 0. The Labute approximate surface area is 68.7 Å². The van der Waals surface area contributed by atoms with Crippen molar-refractivity contribution < 1.29 is 0 Å². The third kappa shape index (κ3) is 2.15. The van der Waals surface area contributed by atoms with Crippen molar-refractivity contribution in [2.75, 3.05) is 19.8 Å². The van der Waals surface area contributed by atoms with Crippen LogP contribution in [0.1, 0.15) is 26.2 Å². The molecule has 0 amide bonds. The molecule has 11 heavy (non-hydrogen) atoms. The Morgan fingerprint density at radius 1 is 1.45 bits per heavy atom. The van der Waals surface area contributed by atoms with Gasteiger partial charge in [-0.1, -0.05) is 13.3 Å². The summed E-state index contributed by atoms with van der Waals surface area (Å²) in [5.74, 6) is 0. The van der Waals surface area contributed by atoms with Crippen molar-refractivity contribution >= 4 is 0 Å². The van der Waals surface area contributed by atoms with Gasteiger partial charge in [-0.3, -0.25) is 5.32 Å². The average Bonchev–Trinajstić information content (AvgIpc) is 2.39. The van der Waals surface area contributed by atoms with Crippen LogP contribution in [0.2, 0.25) is 0 Å². The predicted molar refractivity (Wildman–Crippen MR) is 47.3 cm³/mol. The van der Waals surface area contributed by atoms with Gasteiger partial charge in [0.15, 0.2) is 0 Å². The highest BCUT2D eigenvalue weighted by atomic mass is 15.2. The summed E-state index contributed by atoms with van der Waals surface area (Å²) >= 11 is 0. The summed E-state index contributed by atoms with van der Waals surface area (Å²) in [5, 5.41) is 6.80. The van der Waals surface area contributed by atoms with Crippen LogP contribution in [-0.2, 0) is 0 Å². The van der Waals surface area contributed by atoms with Gasteiger partial charge in [0.25, 0.3) is 0 Å². The van der Waals surface area contributed by atoms with Crippen LogP contribution in [0.5, 0.6) is 0 Å². The van der Waals surface area contributed by atoms with Gasteiger partial charge in [0.1, 0.15) is 0 Å². The zero-order valence-electron chi connectivity index (χ0n) is 7.32. The van der Waals surface area contributed by atoms with Crippen molar-refractivity contribution in [2.24, 2.45) is 5.73 Å². The molecule has 1 atom stereocenters. The van der Waals surface area contributed by atoms with Crippen LogP contribution >= 0.6 is 0 Å². The first kappa shape index (κ1) is 8.97. The molecule has 3 nitrogen and oxygen atoms in total. The molecular formula is C8H19N3. The summed E-state index contributed by atoms with van der Waals surface area (Å²) in [7, 11) is 0. The molecule has 0 aromatic rings. The SMILES string of the molecule is CCCC1(CCN)CNCN1. The molecule has 1 fully saturated rings. The lowest BCUT2D eigenvalue weighted by atomic mass is 9.91. The van der Waals surface area contributed by atoms with E-state index in [0.29, 0.717) is 5.54 Å². The lowest BCUT2D eigenvalue weighted by molar-refractivity contribution is 0.344. The normalized spacial score (nSPS) is 31.1. The maximum atomic E-state index is 5.56. The third-order valence-corrected chi connectivity index (χ3v) is 2.40. The second-order valence-electron chi connectivity index (χ2n) is 3.35. The minimum Gasteiger partial charge on any atom is -0.330 e. The highest BCUT2D eigenvalue weighted by Crippen LogP contribution is 2.18. The zero-order chi connectivity index (χ0) is 8.16. The van der Waals surface area contributed by atoms with Crippen molar-refractivity contribution in [3.8, 4) is 0 Å². The highest BCUT2D eigenvalue weighted by molar-refractivity contribution is 4.93. The van der Waals surface area contributed by atoms with Gasteiger partial charge in [-0.05, 0) is 19.4 Å². The average molecular weight is 157 g/mol. The number of nitrogens with two attached hydrogens (primary N) is 1. The first-order chi connectivity index (χ1) is 5.33. The van der Waals surface area contributed by atoms with Crippen molar-refractivity contribution in [3.05, 3.63) is 0 Å². The molecule has 3 heteroatoms. The zero-order valence-corrected chi connectivity index (χ0v) is 7.32. The second kappa shape index (κ2) is 4.04. The van der Waals surface area contributed by atoms with E-state index in [-0.39, 0.29) is 0 Å². The second-order valence-corrected chi connectivity index (χ2v) is 3.35. The molecule has 0 spiro atoms. The first-order valence-electron chi connectivity index (χ1n) is 4.49. The van der Waals surface area contributed by atoms with Gasteiger partial charge in [-0.15, -0.1) is 0 Å².